The lowest BCUT2D eigenvalue weighted by molar-refractivity contribution is -0.119. The SMILES string of the molecule is C/C(=N\O)c1ccc2ccccc2c1OCC(N)=O. The fourth-order valence-electron chi connectivity index (χ4n) is 1.88. The number of fused-ring (bicyclic) bond motifs is 1. The molecular weight excluding hydrogens is 244 g/mol. The van der Waals surface area contributed by atoms with Gasteiger partial charge >= 0.3 is 0 Å². The van der Waals surface area contributed by atoms with Crippen molar-refractivity contribution in [3.8, 4) is 5.75 Å². The van der Waals surface area contributed by atoms with Crippen molar-refractivity contribution in [2.24, 2.45) is 10.9 Å². The summed E-state index contributed by atoms with van der Waals surface area (Å²) in [7, 11) is 0. The number of nitrogens with zero attached hydrogens (tertiary/aromatic N) is 1. The molecule has 0 heterocycles. The topological polar surface area (TPSA) is 84.9 Å². The third-order valence-electron chi connectivity index (χ3n) is 2.78. The van der Waals surface area contributed by atoms with Crippen molar-refractivity contribution in [2.45, 2.75) is 6.92 Å². The van der Waals surface area contributed by atoms with Gasteiger partial charge in [-0.15, -0.1) is 0 Å². The number of ether oxygens (including phenoxy) is 1. The van der Waals surface area contributed by atoms with E-state index in [0.717, 1.165) is 10.8 Å². The third-order valence-corrected chi connectivity index (χ3v) is 2.78. The molecule has 0 bridgehead atoms. The number of hydrogen-bond acceptors (Lipinski definition) is 4. The van der Waals surface area contributed by atoms with Crippen molar-refractivity contribution >= 4 is 22.4 Å². The summed E-state index contributed by atoms with van der Waals surface area (Å²) in [5.41, 5.74) is 6.13. The highest BCUT2D eigenvalue weighted by Gasteiger charge is 2.12. The average Bonchev–Trinajstić information content (AvgIpc) is 2.43. The van der Waals surface area contributed by atoms with E-state index in [0.29, 0.717) is 17.0 Å². The number of rotatable bonds is 4. The monoisotopic (exact) mass is 258 g/mol. The van der Waals surface area contributed by atoms with Gasteiger partial charge in [-0.2, -0.15) is 0 Å². The van der Waals surface area contributed by atoms with Crippen molar-refractivity contribution < 1.29 is 14.7 Å². The number of amides is 1. The van der Waals surface area contributed by atoms with Crippen LogP contribution in [0.15, 0.2) is 41.6 Å². The molecule has 0 aliphatic carbocycles. The van der Waals surface area contributed by atoms with Crippen LogP contribution in [0.25, 0.3) is 10.8 Å². The number of nitrogens with two attached hydrogens (primary N) is 1. The molecule has 2 rings (SSSR count). The summed E-state index contributed by atoms with van der Waals surface area (Å²) in [5.74, 6) is -0.0651. The highest BCUT2D eigenvalue weighted by Crippen LogP contribution is 2.30. The highest BCUT2D eigenvalue weighted by molar-refractivity contribution is 6.06. The van der Waals surface area contributed by atoms with E-state index in [1.54, 1.807) is 13.0 Å². The van der Waals surface area contributed by atoms with Gasteiger partial charge in [0.2, 0.25) is 0 Å². The first-order valence-electron chi connectivity index (χ1n) is 5.75. The van der Waals surface area contributed by atoms with Crippen LogP contribution in [0.3, 0.4) is 0 Å². The molecule has 0 atom stereocenters. The molecule has 0 saturated carbocycles. The maximum atomic E-state index is 10.9. The van der Waals surface area contributed by atoms with Crippen LogP contribution < -0.4 is 10.5 Å². The second-order valence-electron chi connectivity index (χ2n) is 4.10. The zero-order valence-electron chi connectivity index (χ0n) is 10.5. The molecule has 5 nitrogen and oxygen atoms in total. The molecular formula is C14H14N2O3. The molecule has 2 aromatic carbocycles. The molecule has 5 heteroatoms. The van der Waals surface area contributed by atoms with Gasteiger partial charge in [0.15, 0.2) is 6.61 Å². The molecule has 0 aliphatic heterocycles. The van der Waals surface area contributed by atoms with Crippen molar-refractivity contribution in [3.05, 3.63) is 42.0 Å². The maximum Gasteiger partial charge on any atom is 0.255 e. The van der Waals surface area contributed by atoms with E-state index >= 15 is 0 Å². The van der Waals surface area contributed by atoms with Crippen LogP contribution in [-0.4, -0.2) is 23.4 Å². The van der Waals surface area contributed by atoms with Gasteiger partial charge in [-0.3, -0.25) is 4.79 Å². The normalized spacial score (nSPS) is 11.5. The minimum atomic E-state index is -0.558. The molecule has 0 aromatic heterocycles. The Hall–Kier alpha value is -2.56. The minimum absolute atomic E-state index is 0.223. The van der Waals surface area contributed by atoms with Crippen molar-refractivity contribution in [3.63, 3.8) is 0 Å². The van der Waals surface area contributed by atoms with Gasteiger partial charge in [0.05, 0.1) is 5.71 Å². The third kappa shape index (κ3) is 2.65. The Kier molecular flexibility index (Phi) is 3.66. The van der Waals surface area contributed by atoms with Gasteiger partial charge in [0, 0.05) is 10.9 Å². The Labute approximate surface area is 110 Å². The lowest BCUT2D eigenvalue weighted by atomic mass is 10.0. The second-order valence-corrected chi connectivity index (χ2v) is 4.10. The predicted octanol–water partition coefficient (Wildman–Crippen LogP) is 1.90. The lowest BCUT2D eigenvalue weighted by Gasteiger charge is -2.12. The first kappa shape index (κ1) is 12.9. The quantitative estimate of drug-likeness (QED) is 0.499. The molecule has 3 N–H and O–H groups in total. The molecule has 0 saturated heterocycles. The zero-order chi connectivity index (χ0) is 13.8. The van der Waals surface area contributed by atoms with E-state index < -0.39 is 5.91 Å². The van der Waals surface area contributed by atoms with Gasteiger partial charge in [0.25, 0.3) is 5.91 Å². The second kappa shape index (κ2) is 5.39. The Morgan fingerprint density at radius 3 is 2.74 bits per heavy atom. The molecule has 0 unspecified atom stereocenters. The Bertz CT molecular complexity index is 650. The molecule has 1 amide bonds. The van der Waals surface area contributed by atoms with Crippen LogP contribution in [0, 0.1) is 0 Å². The van der Waals surface area contributed by atoms with E-state index in [1.807, 2.05) is 30.3 Å². The molecule has 0 fully saturated rings. The van der Waals surface area contributed by atoms with Gasteiger partial charge in [-0.25, -0.2) is 0 Å². The predicted molar refractivity (Wildman–Crippen MR) is 72.6 cm³/mol. The van der Waals surface area contributed by atoms with Crippen molar-refractivity contribution in [1.29, 1.82) is 0 Å². The lowest BCUT2D eigenvalue weighted by Crippen LogP contribution is -2.20. The standard InChI is InChI=1S/C14H14N2O3/c1-9(16-18)11-7-6-10-4-2-3-5-12(10)14(11)19-8-13(15)17/h2-7,18H,8H2,1H3,(H2,15,17)/b16-9+. The maximum absolute atomic E-state index is 10.9. The molecule has 0 aliphatic rings. The van der Waals surface area contributed by atoms with Gasteiger partial charge in [-0.1, -0.05) is 35.5 Å². The fourth-order valence-corrected chi connectivity index (χ4v) is 1.88. The average molecular weight is 258 g/mol. The molecule has 98 valence electrons. The van der Waals surface area contributed by atoms with Crippen LogP contribution in [0.5, 0.6) is 5.75 Å². The van der Waals surface area contributed by atoms with Crippen LogP contribution >= 0.6 is 0 Å². The van der Waals surface area contributed by atoms with E-state index in [1.165, 1.54) is 0 Å². The largest absolute Gasteiger partial charge is 0.482 e. The molecule has 19 heavy (non-hydrogen) atoms. The van der Waals surface area contributed by atoms with Gasteiger partial charge < -0.3 is 15.7 Å². The number of carbonyl (C=O) groups excluding carboxylic acids is 1. The van der Waals surface area contributed by atoms with Crippen molar-refractivity contribution in [2.75, 3.05) is 6.61 Å². The van der Waals surface area contributed by atoms with Crippen LogP contribution in [0.2, 0.25) is 0 Å². The van der Waals surface area contributed by atoms with Gasteiger partial charge in [-0.05, 0) is 18.4 Å². The first-order chi connectivity index (χ1) is 9.13. The van der Waals surface area contributed by atoms with Crippen LogP contribution in [-0.2, 0) is 4.79 Å². The Morgan fingerprint density at radius 1 is 1.32 bits per heavy atom. The fraction of sp³-hybridized carbons (Fsp3) is 0.143. The minimum Gasteiger partial charge on any atom is -0.482 e. The summed E-state index contributed by atoms with van der Waals surface area (Å²) >= 11 is 0. The Balaban J connectivity index is 2.61. The van der Waals surface area contributed by atoms with Gasteiger partial charge in [0.1, 0.15) is 5.75 Å². The number of benzene rings is 2. The highest BCUT2D eigenvalue weighted by atomic mass is 16.5. The van der Waals surface area contributed by atoms with E-state index in [4.69, 9.17) is 15.7 Å². The summed E-state index contributed by atoms with van der Waals surface area (Å²) in [6, 6.07) is 11.3. The summed E-state index contributed by atoms with van der Waals surface area (Å²) in [6.07, 6.45) is 0. The Morgan fingerprint density at radius 2 is 2.05 bits per heavy atom. The molecule has 0 radical (unpaired) electrons. The number of oxime groups is 1. The van der Waals surface area contributed by atoms with E-state index in [-0.39, 0.29) is 6.61 Å². The zero-order valence-corrected chi connectivity index (χ0v) is 10.5. The molecule has 2 aromatic rings. The number of carbonyl (C=O) groups is 1. The van der Waals surface area contributed by atoms with E-state index in [9.17, 15) is 4.79 Å². The van der Waals surface area contributed by atoms with Crippen LogP contribution in [0.4, 0.5) is 0 Å². The first-order valence-corrected chi connectivity index (χ1v) is 5.75. The van der Waals surface area contributed by atoms with Crippen molar-refractivity contribution in [1.82, 2.24) is 0 Å². The van der Waals surface area contributed by atoms with Crippen LogP contribution in [0.1, 0.15) is 12.5 Å². The smallest absolute Gasteiger partial charge is 0.255 e. The number of primary amides is 1. The summed E-state index contributed by atoms with van der Waals surface area (Å²) < 4.78 is 5.47. The summed E-state index contributed by atoms with van der Waals surface area (Å²) in [6.45, 7) is 1.43. The molecule has 0 spiro atoms. The number of hydrogen-bond donors (Lipinski definition) is 2. The van der Waals surface area contributed by atoms with E-state index in [2.05, 4.69) is 5.16 Å². The summed E-state index contributed by atoms with van der Waals surface area (Å²) in [5, 5.41) is 13.9. The summed E-state index contributed by atoms with van der Waals surface area (Å²) in [4.78, 5) is 10.9.